The summed E-state index contributed by atoms with van der Waals surface area (Å²) in [6.45, 7) is 0. The predicted molar refractivity (Wildman–Crippen MR) is 87.2 cm³/mol. The monoisotopic (exact) mass is 345 g/mol. The maximum Gasteiger partial charge on any atom is 0.124 e. The molecule has 1 aromatic heterocycles. The van der Waals surface area contributed by atoms with Crippen molar-refractivity contribution in [1.82, 2.24) is 4.98 Å². The van der Waals surface area contributed by atoms with Crippen LogP contribution in [-0.4, -0.2) is 12.1 Å². The minimum Gasteiger partial charge on any atom is -0.497 e. The zero-order valence-corrected chi connectivity index (χ0v) is 13.2. The van der Waals surface area contributed by atoms with Gasteiger partial charge in [0.2, 0.25) is 0 Å². The summed E-state index contributed by atoms with van der Waals surface area (Å²) in [6, 6.07) is 16.2. The van der Waals surface area contributed by atoms with Crippen LogP contribution in [0.1, 0.15) is 0 Å². The van der Waals surface area contributed by atoms with E-state index in [1.54, 1.807) is 18.4 Å². The number of nitrogens with zero attached hydrogens (tertiary/aromatic N) is 1. The van der Waals surface area contributed by atoms with E-state index in [0.717, 1.165) is 32.1 Å². The van der Waals surface area contributed by atoms with E-state index in [2.05, 4.69) is 33.4 Å². The van der Waals surface area contributed by atoms with Gasteiger partial charge in [0, 0.05) is 21.0 Å². The second-order valence-corrected chi connectivity index (χ2v) is 6.05. The number of aromatic nitrogens is 1. The number of methoxy groups -OCH3 is 1. The van der Waals surface area contributed by atoms with Gasteiger partial charge in [0.25, 0.3) is 0 Å². The summed E-state index contributed by atoms with van der Waals surface area (Å²) in [4.78, 5) is 4.70. The van der Waals surface area contributed by atoms with Gasteiger partial charge in [-0.25, -0.2) is 4.98 Å². The van der Waals surface area contributed by atoms with Crippen molar-refractivity contribution in [2.75, 3.05) is 7.11 Å². The third-order valence-electron chi connectivity index (χ3n) is 2.98. The maximum atomic E-state index is 5.17. The number of benzene rings is 2. The first kappa shape index (κ1) is 13.3. The second-order valence-electron chi connectivity index (χ2n) is 4.27. The number of halogens is 1. The van der Waals surface area contributed by atoms with Gasteiger partial charge in [0.15, 0.2) is 0 Å². The molecule has 0 unspecified atom stereocenters. The van der Waals surface area contributed by atoms with Crippen molar-refractivity contribution in [2.45, 2.75) is 0 Å². The maximum absolute atomic E-state index is 5.17. The Balaban J connectivity index is 1.91. The average Bonchev–Trinajstić information content (AvgIpc) is 2.98. The molecule has 0 aliphatic heterocycles. The Hall–Kier alpha value is -1.65. The summed E-state index contributed by atoms with van der Waals surface area (Å²) >= 11 is 5.10. The van der Waals surface area contributed by atoms with Gasteiger partial charge in [-0.3, -0.25) is 0 Å². The Labute approximate surface area is 130 Å². The molecule has 0 spiro atoms. The molecule has 2 aromatic carbocycles. The zero-order chi connectivity index (χ0) is 13.9. The molecule has 0 aliphatic carbocycles. The molecule has 0 saturated heterocycles. The highest BCUT2D eigenvalue weighted by Gasteiger charge is 2.06. The standard InChI is InChI=1S/C16H12BrNOS/c1-19-14-8-4-12(5-9-14)16-18-15(10-20-16)11-2-6-13(17)7-3-11/h2-10H,1H3. The lowest BCUT2D eigenvalue weighted by Gasteiger charge is -2.00. The SMILES string of the molecule is COc1ccc(-c2nc(-c3ccc(Br)cc3)cs2)cc1. The molecule has 0 saturated carbocycles. The van der Waals surface area contributed by atoms with Gasteiger partial charge in [-0.15, -0.1) is 11.3 Å². The first-order valence-corrected chi connectivity index (χ1v) is 7.79. The van der Waals surface area contributed by atoms with Crippen molar-refractivity contribution < 1.29 is 4.74 Å². The van der Waals surface area contributed by atoms with Gasteiger partial charge >= 0.3 is 0 Å². The van der Waals surface area contributed by atoms with E-state index in [9.17, 15) is 0 Å². The Morgan fingerprint density at radius 1 is 0.950 bits per heavy atom. The van der Waals surface area contributed by atoms with Crippen LogP contribution in [0.15, 0.2) is 58.4 Å². The van der Waals surface area contributed by atoms with Crippen molar-refractivity contribution in [3.8, 4) is 27.6 Å². The van der Waals surface area contributed by atoms with E-state index in [4.69, 9.17) is 9.72 Å². The summed E-state index contributed by atoms with van der Waals surface area (Å²) in [5.41, 5.74) is 3.25. The van der Waals surface area contributed by atoms with E-state index >= 15 is 0 Å². The minimum atomic E-state index is 0.860. The van der Waals surface area contributed by atoms with E-state index < -0.39 is 0 Å². The van der Waals surface area contributed by atoms with Crippen molar-refractivity contribution in [3.05, 3.63) is 58.4 Å². The van der Waals surface area contributed by atoms with Gasteiger partial charge in [-0.05, 0) is 36.4 Å². The normalized spacial score (nSPS) is 10.5. The molecule has 1 heterocycles. The Kier molecular flexibility index (Phi) is 3.85. The van der Waals surface area contributed by atoms with Crippen LogP contribution in [0.25, 0.3) is 21.8 Å². The van der Waals surface area contributed by atoms with Crippen LogP contribution in [0.3, 0.4) is 0 Å². The Morgan fingerprint density at radius 3 is 2.25 bits per heavy atom. The Morgan fingerprint density at radius 2 is 1.60 bits per heavy atom. The first-order chi connectivity index (χ1) is 9.76. The van der Waals surface area contributed by atoms with Crippen molar-refractivity contribution in [1.29, 1.82) is 0 Å². The lowest BCUT2D eigenvalue weighted by atomic mass is 10.2. The summed E-state index contributed by atoms with van der Waals surface area (Å²) < 4.78 is 6.25. The lowest BCUT2D eigenvalue weighted by molar-refractivity contribution is 0.415. The van der Waals surface area contributed by atoms with E-state index in [1.807, 2.05) is 36.4 Å². The largest absolute Gasteiger partial charge is 0.497 e. The molecule has 3 rings (SSSR count). The molecule has 0 fully saturated rings. The van der Waals surface area contributed by atoms with Crippen molar-refractivity contribution in [2.24, 2.45) is 0 Å². The highest BCUT2D eigenvalue weighted by Crippen LogP contribution is 2.30. The van der Waals surface area contributed by atoms with E-state index in [-0.39, 0.29) is 0 Å². The molecule has 0 aliphatic rings. The highest BCUT2D eigenvalue weighted by atomic mass is 79.9. The fourth-order valence-electron chi connectivity index (χ4n) is 1.89. The molecular weight excluding hydrogens is 334 g/mol. The van der Waals surface area contributed by atoms with Gasteiger partial charge in [0.1, 0.15) is 10.8 Å². The number of hydrogen-bond donors (Lipinski definition) is 0. The summed E-state index contributed by atoms with van der Waals surface area (Å²) in [6.07, 6.45) is 0. The van der Waals surface area contributed by atoms with Crippen LogP contribution in [0.4, 0.5) is 0 Å². The molecule has 100 valence electrons. The molecule has 20 heavy (non-hydrogen) atoms. The number of ether oxygens (including phenoxy) is 1. The molecule has 3 aromatic rings. The average molecular weight is 346 g/mol. The van der Waals surface area contributed by atoms with Gasteiger partial charge in [-0.2, -0.15) is 0 Å². The number of thiazole rings is 1. The van der Waals surface area contributed by atoms with Crippen LogP contribution in [0.2, 0.25) is 0 Å². The quantitative estimate of drug-likeness (QED) is 0.646. The molecule has 0 bridgehead atoms. The summed E-state index contributed by atoms with van der Waals surface area (Å²) in [7, 11) is 1.67. The molecular formula is C16H12BrNOS. The number of hydrogen-bond acceptors (Lipinski definition) is 3. The van der Waals surface area contributed by atoms with Crippen molar-refractivity contribution in [3.63, 3.8) is 0 Å². The van der Waals surface area contributed by atoms with Crippen LogP contribution < -0.4 is 4.74 Å². The predicted octanol–water partition coefficient (Wildman–Crippen LogP) is 5.25. The molecule has 0 N–H and O–H groups in total. The molecule has 4 heteroatoms. The van der Waals surface area contributed by atoms with E-state index in [0.29, 0.717) is 0 Å². The Bertz CT molecular complexity index is 704. The molecule has 0 radical (unpaired) electrons. The first-order valence-electron chi connectivity index (χ1n) is 6.12. The van der Waals surface area contributed by atoms with Crippen LogP contribution in [0.5, 0.6) is 5.75 Å². The second kappa shape index (κ2) is 5.77. The van der Waals surface area contributed by atoms with Crippen molar-refractivity contribution >= 4 is 27.3 Å². The van der Waals surface area contributed by atoms with Crippen LogP contribution in [-0.2, 0) is 0 Å². The third-order valence-corrected chi connectivity index (χ3v) is 4.40. The minimum absolute atomic E-state index is 0.860. The fourth-order valence-corrected chi connectivity index (χ4v) is 2.99. The van der Waals surface area contributed by atoms with Gasteiger partial charge < -0.3 is 4.74 Å². The van der Waals surface area contributed by atoms with Crippen LogP contribution in [0, 0.1) is 0 Å². The zero-order valence-electron chi connectivity index (χ0n) is 10.8. The summed E-state index contributed by atoms with van der Waals surface area (Å²) in [5.74, 6) is 0.860. The van der Waals surface area contributed by atoms with Gasteiger partial charge in [-0.1, -0.05) is 28.1 Å². The van der Waals surface area contributed by atoms with Gasteiger partial charge in [0.05, 0.1) is 12.8 Å². The fraction of sp³-hybridized carbons (Fsp3) is 0.0625. The molecule has 2 nitrogen and oxygen atoms in total. The van der Waals surface area contributed by atoms with E-state index in [1.165, 1.54) is 0 Å². The lowest BCUT2D eigenvalue weighted by Crippen LogP contribution is -1.83. The highest BCUT2D eigenvalue weighted by molar-refractivity contribution is 9.10. The topological polar surface area (TPSA) is 22.1 Å². The van der Waals surface area contributed by atoms with Crippen LogP contribution >= 0.6 is 27.3 Å². The molecule has 0 atom stereocenters. The summed E-state index contributed by atoms with van der Waals surface area (Å²) in [5, 5.41) is 3.11. The third kappa shape index (κ3) is 2.76. The smallest absolute Gasteiger partial charge is 0.124 e. The molecule has 0 amide bonds. The number of rotatable bonds is 3.